The number of carboxylic acids is 1. The normalized spacial score (nSPS) is 25.6. The third-order valence-electron chi connectivity index (χ3n) is 2.74. The van der Waals surface area contributed by atoms with Gasteiger partial charge in [-0.25, -0.2) is 4.79 Å². The topological polar surface area (TPSA) is 65.0 Å². The van der Waals surface area contributed by atoms with E-state index in [-0.39, 0.29) is 12.7 Å². The molecule has 0 amide bonds. The summed E-state index contributed by atoms with van der Waals surface area (Å²) in [6.07, 6.45) is 4.41. The SMILES string of the molecule is COCO[C@@H]1CCC[C@H](COCC(=O)O)C1. The molecule has 0 aliphatic heterocycles. The molecule has 1 aliphatic rings. The van der Waals surface area contributed by atoms with Gasteiger partial charge in [0, 0.05) is 7.11 Å². The number of hydrogen-bond donors (Lipinski definition) is 1. The Morgan fingerprint density at radius 2 is 2.25 bits per heavy atom. The number of hydrogen-bond acceptors (Lipinski definition) is 4. The van der Waals surface area contributed by atoms with Crippen LogP contribution in [-0.4, -0.2) is 44.3 Å². The quantitative estimate of drug-likeness (QED) is 0.669. The largest absolute Gasteiger partial charge is 0.480 e. The maximum absolute atomic E-state index is 10.3. The molecule has 5 nitrogen and oxygen atoms in total. The van der Waals surface area contributed by atoms with Gasteiger partial charge in [-0.2, -0.15) is 0 Å². The van der Waals surface area contributed by atoms with E-state index in [0.717, 1.165) is 25.7 Å². The molecular weight excluding hydrogens is 212 g/mol. The van der Waals surface area contributed by atoms with Crippen LogP contribution in [0.2, 0.25) is 0 Å². The summed E-state index contributed by atoms with van der Waals surface area (Å²) in [6, 6.07) is 0. The summed E-state index contributed by atoms with van der Waals surface area (Å²) in [6.45, 7) is 0.632. The van der Waals surface area contributed by atoms with Crippen LogP contribution in [-0.2, 0) is 19.0 Å². The molecule has 1 fully saturated rings. The Balaban J connectivity index is 2.14. The lowest BCUT2D eigenvalue weighted by Crippen LogP contribution is -2.27. The Hall–Kier alpha value is -0.650. The summed E-state index contributed by atoms with van der Waals surface area (Å²) in [5, 5.41) is 8.44. The van der Waals surface area contributed by atoms with Gasteiger partial charge in [-0.3, -0.25) is 0 Å². The van der Waals surface area contributed by atoms with Crippen LogP contribution >= 0.6 is 0 Å². The van der Waals surface area contributed by atoms with Crippen LogP contribution in [0.4, 0.5) is 0 Å². The van der Waals surface area contributed by atoms with Gasteiger partial charge >= 0.3 is 5.97 Å². The van der Waals surface area contributed by atoms with E-state index in [1.54, 1.807) is 7.11 Å². The molecule has 5 heteroatoms. The lowest BCUT2D eigenvalue weighted by Gasteiger charge is -2.28. The third kappa shape index (κ3) is 5.44. The second kappa shape index (κ2) is 7.60. The standard InChI is InChI=1S/C11H20O5/c1-14-8-16-10-4-2-3-9(5-10)6-15-7-11(12)13/h9-10H,2-8H2,1H3,(H,12,13)/t9-,10+/m0/s1. The van der Waals surface area contributed by atoms with Gasteiger partial charge in [0.25, 0.3) is 0 Å². The van der Waals surface area contributed by atoms with Crippen LogP contribution in [0, 0.1) is 5.92 Å². The lowest BCUT2D eigenvalue weighted by atomic mass is 9.88. The van der Waals surface area contributed by atoms with Crippen LogP contribution < -0.4 is 0 Å². The molecular formula is C11H20O5. The predicted octanol–water partition coefficient (Wildman–Crippen LogP) is 1.27. The van der Waals surface area contributed by atoms with Gasteiger partial charge in [0.15, 0.2) is 0 Å². The van der Waals surface area contributed by atoms with Gasteiger partial charge in [-0.1, -0.05) is 6.42 Å². The van der Waals surface area contributed by atoms with Crippen molar-refractivity contribution in [3.63, 3.8) is 0 Å². The zero-order valence-electron chi connectivity index (χ0n) is 9.68. The molecule has 0 radical (unpaired) electrons. The van der Waals surface area contributed by atoms with Crippen molar-refractivity contribution in [3.8, 4) is 0 Å². The molecule has 0 spiro atoms. The summed E-state index contributed by atoms with van der Waals surface area (Å²) in [4.78, 5) is 10.3. The zero-order valence-corrected chi connectivity index (χ0v) is 9.68. The van der Waals surface area contributed by atoms with Crippen molar-refractivity contribution in [1.29, 1.82) is 0 Å². The van der Waals surface area contributed by atoms with Crippen molar-refractivity contribution in [2.75, 3.05) is 27.1 Å². The Morgan fingerprint density at radius 1 is 1.44 bits per heavy atom. The van der Waals surface area contributed by atoms with Gasteiger partial charge < -0.3 is 19.3 Å². The first-order valence-corrected chi connectivity index (χ1v) is 5.62. The molecule has 2 atom stereocenters. The minimum absolute atomic E-state index is 0.208. The summed E-state index contributed by atoms with van der Waals surface area (Å²) < 4.78 is 15.5. The molecule has 0 saturated heterocycles. The monoisotopic (exact) mass is 232 g/mol. The van der Waals surface area contributed by atoms with Crippen LogP contribution in [0.3, 0.4) is 0 Å². The second-order valence-electron chi connectivity index (χ2n) is 4.14. The molecule has 1 aliphatic carbocycles. The van der Waals surface area contributed by atoms with E-state index in [9.17, 15) is 4.79 Å². The van der Waals surface area contributed by atoms with Gasteiger partial charge in [0.2, 0.25) is 0 Å². The van der Waals surface area contributed by atoms with Gasteiger partial charge in [-0.05, 0) is 25.2 Å². The second-order valence-corrected chi connectivity index (χ2v) is 4.14. The number of rotatable bonds is 7. The van der Waals surface area contributed by atoms with Crippen LogP contribution in [0.25, 0.3) is 0 Å². The molecule has 0 unspecified atom stereocenters. The highest BCUT2D eigenvalue weighted by Crippen LogP contribution is 2.26. The van der Waals surface area contributed by atoms with Crippen molar-refractivity contribution in [3.05, 3.63) is 0 Å². The molecule has 94 valence electrons. The molecule has 0 heterocycles. The number of carboxylic acid groups (broad SMARTS) is 1. The first kappa shape index (κ1) is 13.4. The lowest BCUT2D eigenvalue weighted by molar-refractivity contribution is -0.143. The predicted molar refractivity (Wildman–Crippen MR) is 57.2 cm³/mol. The molecule has 1 saturated carbocycles. The average molecular weight is 232 g/mol. The number of methoxy groups -OCH3 is 1. The van der Waals surface area contributed by atoms with Crippen LogP contribution in [0.15, 0.2) is 0 Å². The van der Waals surface area contributed by atoms with E-state index >= 15 is 0 Å². The molecule has 1 rings (SSSR count). The zero-order chi connectivity index (χ0) is 11.8. The maximum Gasteiger partial charge on any atom is 0.329 e. The molecule has 0 aromatic heterocycles. The first-order chi connectivity index (χ1) is 7.72. The van der Waals surface area contributed by atoms with Crippen molar-refractivity contribution < 1.29 is 24.1 Å². The molecule has 0 aromatic carbocycles. The van der Waals surface area contributed by atoms with Crippen molar-refractivity contribution in [1.82, 2.24) is 0 Å². The fourth-order valence-electron chi connectivity index (χ4n) is 2.02. The van der Waals surface area contributed by atoms with E-state index in [0.29, 0.717) is 19.3 Å². The van der Waals surface area contributed by atoms with Crippen molar-refractivity contribution in [2.45, 2.75) is 31.8 Å². The number of carbonyl (C=O) groups is 1. The Kier molecular flexibility index (Phi) is 6.37. The van der Waals surface area contributed by atoms with Crippen molar-refractivity contribution >= 4 is 5.97 Å². The first-order valence-electron chi connectivity index (χ1n) is 5.62. The Morgan fingerprint density at radius 3 is 2.94 bits per heavy atom. The van der Waals surface area contributed by atoms with Gasteiger partial charge in [0.1, 0.15) is 13.4 Å². The van der Waals surface area contributed by atoms with Gasteiger partial charge in [-0.15, -0.1) is 0 Å². The summed E-state index contributed by atoms with van der Waals surface area (Å²) >= 11 is 0. The molecule has 1 N–H and O–H groups in total. The fourth-order valence-corrected chi connectivity index (χ4v) is 2.02. The van der Waals surface area contributed by atoms with E-state index in [1.165, 1.54) is 0 Å². The van der Waals surface area contributed by atoms with Gasteiger partial charge in [0.05, 0.1) is 12.7 Å². The van der Waals surface area contributed by atoms with E-state index in [2.05, 4.69) is 0 Å². The summed E-state index contributed by atoms with van der Waals surface area (Å²) in [5.74, 6) is -0.502. The average Bonchev–Trinajstić information content (AvgIpc) is 2.26. The Bertz CT molecular complexity index is 207. The minimum Gasteiger partial charge on any atom is -0.480 e. The van der Waals surface area contributed by atoms with E-state index < -0.39 is 5.97 Å². The number of aliphatic carboxylic acids is 1. The summed E-state index contributed by atoms with van der Waals surface area (Å²) in [7, 11) is 1.61. The fraction of sp³-hybridized carbons (Fsp3) is 0.909. The molecule has 16 heavy (non-hydrogen) atoms. The highest BCUT2D eigenvalue weighted by molar-refractivity contribution is 5.67. The van der Waals surface area contributed by atoms with Crippen LogP contribution in [0.1, 0.15) is 25.7 Å². The Labute approximate surface area is 95.7 Å². The minimum atomic E-state index is -0.914. The molecule has 0 aromatic rings. The smallest absolute Gasteiger partial charge is 0.329 e. The molecule has 0 bridgehead atoms. The maximum atomic E-state index is 10.3. The number of ether oxygens (including phenoxy) is 3. The third-order valence-corrected chi connectivity index (χ3v) is 2.74. The highest BCUT2D eigenvalue weighted by atomic mass is 16.7. The highest BCUT2D eigenvalue weighted by Gasteiger charge is 2.22. The van der Waals surface area contributed by atoms with Crippen LogP contribution in [0.5, 0.6) is 0 Å². The van der Waals surface area contributed by atoms with Crippen molar-refractivity contribution in [2.24, 2.45) is 5.92 Å². The van der Waals surface area contributed by atoms with E-state index in [4.69, 9.17) is 19.3 Å². The summed E-state index contributed by atoms with van der Waals surface area (Å²) in [5.41, 5.74) is 0. The van der Waals surface area contributed by atoms with E-state index in [1.807, 2.05) is 0 Å².